The lowest BCUT2D eigenvalue weighted by molar-refractivity contribution is 0.520. The zero-order valence-electron chi connectivity index (χ0n) is 9.05. The molecule has 0 aromatic heterocycles. The molecule has 1 aromatic carbocycles. The van der Waals surface area contributed by atoms with Crippen molar-refractivity contribution >= 4 is 33.6 Å². The molecule has 1 fully saturated rings. The molecular weight excluding hydrogens is 286 g/mol. The van der Waals surface area contributed by atoms with Crippen LogP contribution in [0.2, 0.25) is 5.02 Å². The predicted molar refractivity (Wildman–Crippen MR) is 73.6 cm³/mol. The standard InChI is InChI=1S/C13H15BrClN/c14-11-5-4-10(13(15)8-11)6-9-2-1-3-12(16)7-9/h4-6,8,12H,1-3,7,16H2/b9-6-. The van der Waals surface area contributed by atoms with Gasteiger partial charge in [0, 0.05) is 15.5 Å². The summed E-state index contributed by atoms with van der Waals surface area (Å²) >= 11 is 9.59. The van der Waals surface area contributed by atoms with Crippen LogP contribution in [0.5, 0.6) is 0 Å². The molecule has 1 aliphatic rings. The molecule has 2 N–H and O–H groups in total. The lowest BCUT2D eigenvalue weighted by atomic mass is 9.90. The minimum absolute atomic E-state index is 0.328. The van der Waals surface area contributed by atoms with E-state index in [1.807, 2.05) is 18.2 Å². The van der Waals surface area contributed by atoms with Crippen molar-refractivity contribution < 1.29 is 0 Å². The summed E-state index contributed by atoms with van der Waals surface area (Å²) in [6.07, 6.45) is 6.69. The van der Waals surface area contributed by atoms with E-state index in [9.17, 15) is 0 Å². The molecule has 0 aliphatic heterocycles. The number of benzene rings is 1. The van der Waals surface area contributed by atoms with Gasteiger partial charge in [-0.1, -0.05) is 45.2 Å². The van der Waals surface area contributed by atoms with E-state index in [4.69, 9.17) is 17.3 Å². The third kappa shape index (κ3) is 3.09. The highest BCUT2D eigenvalue weighted by molar-refractivity contribution is 9.10. The quantitative estimate of drug-likeness (QED) is 0.818. The second-order valence-corrected chi connectivity index (χ2v) is 5.65. The minimum atomic E-state index is 0.328. The van der Waals surface area contributed by atoms with Gasteiger partial charge in [-0.2, -0.15) is 0 Å². The number of nitrogens with two attached hydrogens (primary N) is 1. The maximum absolute atomic E-state index is 6.18. The molecule has 2 rings (SSSR count). The number of hydrogen-bond donors (Lipinski definition) is 1. The number of rotatable bonds is 1. The molecule has 0 spiro atoms. The van der Waals surface area contributed by atoms with Crippen LogP contribution >= 0.6 is 27.5 Å². The van der Waals surface area contributed by atoms with E-state index in [1.54, 1.807) is 0 Å². The van der Waals surface area contributed by atoms with Gasteiger partial charge in [0.1, 0.15) is 0 Å². The van der Waals surface area contributed by atoms with E-state index >= 15 is 0 Å². The van der Waals surface area contributed by atoms with Crippen LogP contribution in [-0.2, 0) is 0 Å². The summed E-state index contributed by atoms with van der Waals surface area (Å²) < 4.78 is 1.01. The summed E-state index contributed by atoms with van der Waals surface area (Å²) in [6, 6.07) is 6.31. The van der Waals surface area contributed by atoms with Crippen molar-refractivity contribution in [1.82, 2.24) is 0 Å². The molecule has 3 heteroatoms. The van der Waals surface area contributed by atoms with Crippen LogP contribution in [0.25, 0.3) is 6.08 Å². The Kier molecular flexibility index (Phi) is 4.06. The molecule has 16 heavy (non-hydrogen) atoms. The van der Waals surface area contributed by atoms with Crippen LogP contribution in [0.4, 0.5) is 0 Å². The Bertz CT molecular complexity index is 414. The molecule has 86 valence electrons. The Labute approximate surface area is 110 Å². The third-order valence-corrected chi connectivity index (χ3v) is 3.74. The summed E-state index contributed by atoms with van der Waals surface area (Å²) in [4.78, 5) is 0. The second kappa shape index (κ2) is 5.35. The van der Waals surface area contributed by atoms with Crippen LogP contribution in [0.3, 0.4) is 0 Å². The van der Waals surface area contributed by atoms with Gasteiger partial charge in [0.25, 0.3) is 0 Å². The fraction of sp³-hybridized carbons (Fsp3) is 0.385. The van der Waals surface area contributed by atoms with E-state index in [1.165, 1.54) is 12.0 Å². The molecule has 1 aliphatic carbocycles. The topological polar surface area (TPSA) is 26.0 Å². The lowest BCUT2D eigenvalue weighted by Gasteiger charge is -2.20. The molecular formula is C13H15BrClN. The van der Waals surface area contributed by atoms with E-state index in [0.29, 0.717) is 6.04 Å². The average molecular weight is 301 g/mol. The minimum Gasteiger partial charge on any atom is -0.327 e. The first-order chi connectivity index (χ1) is 7.65. The molecule has 0 saturated heterocycles. The summed E-state index contributed by atoms with van der Waals surface area (Å²) in [5, 5.41) is 0.793. The van der Waals surface area contributed by atoms with Crippen molar-refractivity contribution in [2.75, 3.05) is 0 Å². The Morgan fingerprint density at radius 2 is 2.25 bits per heavy atom. The molecule has 0 heterocycles. The first-order valence-electron chi connectivity index (χ1n) is 5.55. The van der Waals surface area contributed by atoms with Crippen molar-refractivity contribution in [3.05, 3.63) is 38.8 Å². The predicted octanol–water partition coefficient (Wildman–Crippen LogP) is 4.39. The number of halogens is 2. The van der Waals surface area contributed by atoms with Gasteiger partial charge in [0.2, 0.25) is 0 Å². The van der Waals surface area contributed by atoms with Gasteiger partial charge in [-0.15, -0.1) is 0 Å². The molecule has 0 radical (unpaired) electrons. The summed E-state index contributed by atoms with van der Waals surface area (Å²) in [5.74, 6) is 0. The molecule has 0 amide bonds. The monoisotopic (exact) mass is 299 g/mol. The Balaban J connectivity index is 2.21. The van der Waals surface area contributed by atoms with Crippen molar-refractivity contribution in [2.24, 2.45) is 5.73 Å². The van der Waals surface area contributed by atoms with Crippen LogP contribution in [0.1, 0.15) is 31.2 Å². The van der Waals surface area contributed by atoms with E-state index in [0.717, 1.165) is 34.3 Å². The van der Waals surface area contributed by atoms with Crippen LogP contribution < -0.4 is 5.73 Å². The summed E-state index contributed by atoms with van der Waals surface area (Å²) in [6.45, 7) is 0. The highest BCUT2D eigenvalue weighted by atomic mass is 79.9. The normalized spacial score (nSPS) is 23.7. The summed E-state index contributed by atoms with van der Waals surface area (Å²) in [7, 11) is 0. The van der Waals surface area contributed by atoms with Crippen LogP contribution in [-0.4, -0.2) is 6.04 Å². The molecule has 1 atom stereocenters. The van der Waals surface area contributed by atoms with Crippen LogP contribution in [0, 0.1) is 0 Å². The van der Waals surface area contributed by atoms with Gasteiger partial charge in [-0.3, -0.25) is 0 Å². The molecule has 1 unspecified atom stereocenters. The van der Waals surface area contributed by atoms with Gasteiger partial charge in [0.15, 0.2) is 0 Å². The van der Waals surface area contributed by atoms with E-state index in [2.05, 4.69) is 22.0 Å². The lowest BCUT2D eigenvalue weighted by Crippen LogP contribution is -2.23. The maximum atomic E-state index is 6.18. The van der Waals surface area contributed by atoms with Crippen molar-refractivity contribution in [2.45, 2.75) is 31.7 Å². The van der Waals surface area contributed by atoms with Gasteiger partial charge < -0.3 is 5.73 Å². The molecule has 0 bridgehead atoms. The van der Waals surface area contributed by atoms with E-state index in [-0.39, 0.29) is 0 Å². The Hall–Kier alpha value is -0.310. The third-order valence-electron chi connectivity index (χ3n) is 2.92. The average Bonchev–Trinajstić information content (AvgIpc) is 2.22. The fourth-order valence-corrected chi connectivity index (χ4v) is 2.83. The Morgan fingerprint density at radius 1 is 1.44 bits per heavy atom. The highest BCUT2D eigenvalue weighted by Crippen LogP contribution is 2.28. The fourth-order valence-electron chi connectivity index (χ4n) is 2.10. The van der Waals surface area contributed by atoms with Gasteiger partial charge in [0.05, 0.1) is 0 Å². The zero-order valence-corrected chi connectivity index (χ0v) is 11.4. The zero-order chi connectivity index (χ0) is 11.5. The molecule has 1 aromatic rings. The largest absolute Gasteiger partial charge is 0.327 e. The SMILES string of the molecule is NC1CCC/C(=C/c2ccc(Br)cc2Cl)C1. The van der Waals surface area contributed by atoms with Crippen molar-refractivity contribution in [3.63, 3.8) is 0 Å². The van der Waals surface area contributed by atoms with Crippen LogP contribution in [0.15, 0.2) is 28.2 Å². The first kappa shape index (κ1) is 12.2. The van der Waals surface area contributed by atoms with E-state index < -0.39 is 0 Å². The second-order valence-electron chi connectivity index (χ2n) is 4.32. The van der Waals surface area contributed by atoms with Gasteiger partial charge in [-0.05, 0) is 43.4 Å². The van der Waals surface area contributed by atoms with Gasteiger partial charge in [-0.25, -0.2) is 0 Å². The first-order valence-corrected chi connectivity index (χ1v) is 6.72. The molecule has 1 nitrogen and oxygen atoms in total. The number of hydrogen-bond acceptors (Lipinski definition) is 1. The smallest absolute Gasteiger partial charge is 0.0489 e. The summed E-state index contributed by atoms with van der Waals surface area (Å²) in [5.41, 5.74) is 8.47. The van der Waals surface area contributed by atoms with Crippen molar-refractivity contribution in [3.8, 4) is 0 Å². The molecule has 1 saturated carbocycles. The highest BCUT2D eigenvalue weighted by Gasteiger charge is 2.13. The van der Waals surface area contributed by atoms with Gasteiger partial charge >= 0.3 is 0 Å². The van der Waals surface area contributed by atoms with Crippen molar-refractivity contribution in [1.29, 1.82) is 0 Å². The Morgan fingerprint density at radius 3 is 2.94 bits per heavy atom. The maximum Gasteiger partial charge on any atom is 0.0489 e.